The summed E-state index contributed by atoms with van der Waals surface area (Å²) in [5.41, 5.74) is 5.38. The number of aromatic nitrogens is 2. The Bertz CT molecular complexity index is 1170. The second kappa shape index (κ2) is 9.45. The van der Waals surface area contributed by atoms with Gasteiger partial charge in [-0.1, -0.05) is 23.7 Å². The second-order valence-electron chi connectivity index (χ2n) is 9.81. The lowest BCUT2D eigenvalue weighted by Gasteiger charge is -2.28. The van der Waals surface area contributed by atoms with Gasteiger partial charge >= 0.3 is 5.97 Å². The lowest BCUT2D eigenvalue weighted by Crippen LogP contribution is -2.28. The van der Waals surface area contributed by atoms with Crippen LogP contribution in [0.1, 0.15) is 49.4 Å². The van der Waals surface area contributed by atoms with E-state index in [2.05, 4.69) is 23.3 Å². The van der Waals surface area contributed by atoms with Gasteiger partial charge in [0.1, 0.15) is 5.65 Å². The van der Waals surface area contributed by atoms with Gasteiger partial charge in [0.15, 0.2) is 6.10 Å². The second-order valence-corrected chi connectivity index (χ2v) is 10.2. The smallest absolute Gasteiger partial charge is 0.337 e. The fourth-order valence-electron chi connectivity index (χ4n) is 4.19. The number of benzene rings is 1. The minimum absolute atomic E-state index is 0.583. The van der Waals surface area contributed by atoms with Gasteiger partial charge in [0.2, 0.25) is 0 Å². The number of hydrogen-bond donors (Lipinski definition) is 1. The highest BCUT2D eigenvalue weighted by Crippen LogP contribution is 2.42. The third kappa shape index (κ3) is 5.24. The van der Waals surface area contributed by atoms with E-state index >= 15 is 0 Å². The molecule has 33 heavy (non-hydrogen) atoms. The van der Waals surface area contributed by atoms with Gasteiger partial charge in [-0.05, 0) is 78.9 Å². The zero-order chi connectivity index (χ0) is 24.7. The zero-order valence-electron chi connectivity index (χ0n) is 20.8. The van der Waals surface area contributed by atoms with Crippen molar-refractivity contribution in [1.29, 1.82) is 0 Å². The quantitative estimate of drug-likeness (QED) is 0.472. The third-order valence-electron chi connectivity index (χ3n) is 5.85. The first kappa shape index (κ1) is 25.2. The number of hydrogen-bond acceptors (Lipinski definition) is 4. The molecule has 0 bridgehead atoms. The Morgan fingerprint density at radius 1 is 1.18 bits per heavy atom. The van der Waals surface area contributed by atoms with Crippen molar-refractivity contribution in [3.05, 3.63) is 51.8 Å². The van der Waals surface area contributed by atoms with Crippen LogP contribution in [0.2, 0.25) is 5.02 Å². The zero-order valence-corrected chi connectivity index (χ0v) is 21.5. The summed E-state index contributed by atoms with van der Waals surface area (Å²) in [5, 5.41) is 11.8. The fourth-order valence-corrected chi connectivity index (χ4v) is 4.32. The lowest BCUT2D eigenvalue weighted by molar-refractivity contribution is -0.160. The maximum atomic E-state index is 12.5. The van der Waals surface area contributed by atoms with E-state index in [0.717, 1.165) is 46.5 Å². The van der Waals surface area contributed by atoms with E-state index in [-0.39, 0.29) is 0 Å². The molecule has 0 aliphatic carbocycles. The first-order valence-electron chi connectivity index (χ1n) is 11.1. The first-order valence-corrected chi connectivity index (χ1v) is 11.5. The van der Waals surface area contributed by atoms with Crippen LogP contribution in [-0.2, 0) is 16.1 Å². The van der Waals surface area contributed by atoms with Crippen LogP contribution in [0.5, 0.6) is 0 Å². The molecule has 1 N–H and O–H groups in total. The van der Waals surface area contributed by atoms with Crippen LogP contribution in [-0.4, -0.2) is 51.8 Å². The predicted octanol–water partition coefficient (Wildman–Crippen LogP) is 5.78. The summed E-state index contributed by atoms with van der Waals surface area (Å²) in [4.78, 5) is 19.5. The van der Waals surface area contributed by atoms with Gasteiger partial charge in [0.05, 0.1) is 5.60 Å². The average molecular weight is 472 g/mol. The van der Waals surface area contributed by atoms with Crippen molar-refractivity contribution in [2.45, 2.75) is 59.8 Å². The molecule has 178 valence electrons. The third-order valence-corrected chi connectivity index (χ3v) is 6.10. The number of likely N-dealkylation sites (N-methyl/N-ethyl adjacent to an activating group) is 1. The maximum Gasteiger partial charge on any atom is 0.337 e. The first-order chi connectivity index (χ1) is 15.3. The molecule has 0 aliphatic rings. The van der Waals surface area contributed by atoms with Gasteiger partial charge < -0.3 is 19.3 Å². The number of halogens is 1. The molecule has 0 amide bonds. The largest absolute Gasteiger partial charge is 0.479 e. The van der Waals surface area contributed by atoms with Gasteiger partial charge in [-0.2, -0.15) is 0 Å². The summed E-state index contributed by atoms with van der Waals surface area (Å²) in [5.74, 6) is -1.04. The SMILES string of the molecule is Cc1nc2c(c(C)c(C)n2CCN(C)C)c(-c2ccc(Cl)cc2)c1[C@H](OC(C)(C)C)C(=O)O. The highest BCUT2D eigenvalue weighted by molar-refractivity contribution is 6.30. The number of nitrogens with zero attached hydrogens (tertiary/aromatic N) is 3. The highest BCUT2D eigenvalue weighted by atomic mass is 35.5. The molecule has 3 rings (SSSR count). The van der Waals surface area contributed by atoms with E-state index in [9.17, 15) is 9.90 Å². The van der Waals surface area contributed by atoms with E-state index in [1.54, 1.807) is 0 Å². The van der Waals surface area contributed by atoms with Crippen molar-refractivity contribution in [2.24, 2.45) is 0 Å². The minimum Gasteiger partial charge on any atom is -0.479 e. The van der Waals surface area contributed by atoms with E-state index in [4.69, 9.17) is 21.3 Å². The molecule has 0 spiro atoms. The molecule has 7 heteroatoms. The van der Waals surface area contributed by atoms with Gasteiger partial charge in [-0.25, -0.2) is 9.78 Å². The molecular formula is C26H34ClN3O3. The molecule has 2 aromatic heterocycles. The standard InChI is InChI=1S/C26H34ClN3O3/c1-15-17(3)30(14-13-29(7)8)24-20(15)22(18-9-11-19(27)12-10-18)21(16(2)28-24)23(25(31)32)33-26(4,5)6/h9-12,23H,13-14H2,1-8H3,(H,31,32)/t23-/m0/s1. The van der Waals surface area contributed by atoms with Gasteiger partial charge in [-0.3, -0.25) is 0 Å². The van der Waals surface area contributed by atoms with E-state index < -0.39 is 17.7 Å². The van der Waals surface area contributed by atoms with Crippen LogP contribution < -0.4 is 0 Å². The summed E-state index contributed by atoms with van der Waals surface area (Å²) in [7, 11) is 4.09. The molecule has 0 radical (unpaired) electrons. The molecule has 3 aromatic rings. The van der Waals surface area contributed by atoms with E-state index in [1.807, 2.05) is 66.1 Å². The van der Waals surface area contributed by atoms with Crippen molar-refractivity contribution in [2.75, 3.05) is 20.6 Å². The number of rotatable bonds is 7. The Kier molecular flexibility index (Phi) is 7.22. The molecule has 0 fully saturated rings. The van der Waals surface area contributed by atoms with Crippen molar-refractivity contribution >= 4 is 28.6 Å². The van der Waals surface area contributed by atoms with Crippen molar-refractivity contribution < 1.29 is 14.6 Å². The number of pyridine rings is 1. The van der Waals surface area contributed by atoms with Gasteiger partial charge in [0, 0.05) is 46.0 Å². The number of carboxylic acids is 1. The number of ether oxygens (including phenoxy) is 1. The number of carbonyl (C=O) groups is 1. The number of aliphatic carboxylic acids is 1. The van der Waals surface area contributed by atoms with Gasteiger partial charge in [-0.15, -0.1) is 0 Å². The van der Waals surface area contributed by atoms with Crippen molar-refractivity contribution in [3.63, 3.8) is 0 Å². The van der Waals surface area contributed by atoms with Crippen LogP contribution in [0.3, 0.4) is 0 Å². The molecule has 1 aromatic carbocycles. The summed E-state index contributed by atoms with van der Waals surface area (Å²) in [6.07, 6.45) is -1.16. The van der Waals surface area contributed by atoms with Crippen LogP contribution in [0, 0.1) is 20.8 Å². The molecule has 0 saturated heterocycles. The van der Waals surface area contributed by atoms with Crippen LogP contribution >= 0.6 is 11.6 Å². The molecule has 1 atom stereocenters. The monoisotopic (exact) mass is 471 g/mol. The van der Waals surface area contributed by atoms with Gasteiger partial charge in [0.25, 0.3) is 0 Å². The van der Waals surface area contributed by atoms with Crippen LogP contribution in [0.15, 0.2) is 24.3 Å². The summed E-state index contributed by atoms with van der Waals surface area (Å²) >= 11 is 6.18. The van der Waals surface area contributed by atoms with E-state index in [1.165, 1.54) is 0 Å². The van der Waals surface area contributed by atoms with Crippen molar-refractivity contribution in [3.8, 4) is 11.1 Å². The average Bonchev–Trinajstić information content (AvgIpc) is 2.93. The predicted molar refractivity (Wildman–Crippen MR) is 134 cm³/mol. The lowest BCUT2D eigenvalue weighted by atomic mass is 9.91. The number of carboxylic acid groups (broad SMARTS) is 1. The van der Waals surface area contributed by atoms with E-state index in [0.29, 0.717) is 16.3 Å². The summed E-state index contributed by atoms with van der Waals surface area (Å²) in [6.45, 7) is 13.3. The summed E-state index contributed by atoms with van der Waals surface area (Å²) in [6, 6.07) is 7.52. The van der Waals surface area contributed by atoms with Crippen LogP contribution in [0.4, 0.5) is 0 Å². The molecule has 6 nitrogen and oxygen atoms in total. The Balaban J connectivity index is 2.43. The molecule has 2 heterocycles. The summed E-state index contributed by atoms with van der Waals surface area (Å²) < 4.78 is 8.30. The minimum atomic E-state index is -1.16. The number of fused-ring (bicyclic) bond motifs is 1. The molecule has 0 aliphatic heterocycles. The highest BCUT2D eigenvalue weighted by Gasteiger charge is 2.33. The molecular weight excluding hydrogens is 438 g/mol. The Labute approximate surface area is 201 Å². The van der Waals surface area contributed by atoms with Crippen molar-refractivity contribution in [1.82, 2.24) is 14.5 Å². The maximum absolute atomic E-state index is 12.5. The fraction of sp³-hybridized carbons (Fsp3) is 0.462. The Hall–Kier alpha value is -2.41. The molecule has 0 unspecified atom stereocenters. The molecule has 0 saturated carbocycles. The topological polar surface area (TPSA) is 67.6 Å². The Morgan fingerprint density at radius 3 is 2.30 bits per heavy atom. The normalized spacial score (nSPS) is 13.2. The van der Waals surface area contributed by atoms with Crippen LogP contribution in [0.25, 0.3) is 22.2 Å². The Morgan fingerprint density at radius 2 is 1.79 bits per heavy atom. The number of aryl methyl sites for hydroxylation is 2.